The molecule has 0 amide bonds. The summed E-state index contributed by atoms with van der Waals surface area (Å²) in [7, 11) is 0. The molecule has 0 saturated heterocycles. The van der Waals surface area contributed by atoms with Crippen molar-refractivity contribution in [2.24, 2.45) is 94.7 Å². The molecule has 16 atom stereocenters. The van der Waals surface area contributed by atoms with E-state index in [0.29, 0.717) is 0 Å². The summed E-state index contributed by atoms with van der Waals surface area (Å²) in [5.41, 5.74) is 0. The van der Waals surface area contributed by atoms with Crippen LogP contribution in [-0.2, 0) is 0 Å². The van der Waals surface area contributed by atoms with Crippen LogP contribution >= 0.6 is 0 Å². The second kappa shape index (κ2) is 20.7. The molecule has 0 heterocycles. The summed E-state index contributed by atoms with van der Waals surface area (Å²) in [6.07, 6.45) is 63.9. The lowest BCUT2D eigenvalue weighted by Gasteiger charge is -2.47. The Morgan fingerprint density at radius 1 is 0.125 bits per heavy atom. The molecular weight excluding hydrogens is 673 g/mol. The lowest BCUT2D eigenvalue weighted by atomic mass is 9.59. The van der Waals surface area contributed by atoms with Gasteiger partial charge in [-0.1, -0.05) is 116 Å². The molecule has 56 heavy (non-hydrogen) atoms. The van der Waals surface area contributed by atoms with Crippen LogP contribution in [0.4, 0.5) is 0 Å². The Kier molecular flexibility index (Phi) is 15.3. The maximum Gasteiger partial charge on any atom is -0.0355 e. The molecule has 0 radical (unpaired) electrons. The third-order valence-corrected chi connectivity index (χ3v) is 21.7. The van der Waals surface area contributed by atoms with Gasteiger partial charge in [0.05, 0.1) is 0 Å². The summed E-state index contributed by atoms with van der Waals surface area (Å²) >= 11 is 0. The van der Waals surface area contributed by atoms with Gasteiger partial charge < -0.3 is 0 Å². The normalized spacial score (nSPS) is 48.0. The van der Waals surface area contributed by atoms with E-state index in [2.05, 4.69) is 0 Å². The van der Waals surface area contributed by atoms with Crippen LogP contribution in [-0.4, -0.2) is 0 Å². The first-order valence-electron chi connectivity index (χ1n) is 27.7. The van der Waals surface area contributed by atoms with Crippen LogP contribution in [0, 0.1) is 94.7 Å². The van der Waals surface area contributed by atoms with Gasteiger partial charge in [-0.3, -0.25) is 0 Å². The van der Waals surface area contributed by atoms with E-state index >= 15 is 0 Å². The first kappa shape index (κ1) is 41.4. The fourth-order valence-electron chi connectivity index (χ4n) is 18.4. The van der Waals surface area contributed by atoms with Gasteiger partial charge >= 0.3 is 0 Å². The average Bonchev–Trinajstić information content (AvgIpc) is 3.15. The van der Waals surface area contributed by atoms with Crippen molar-refractivity contribution in [3.8, 4) is 0 Å². The zero-order valence-electron chi connectivity index (χ0n) is 37.5. The number of rotatable bonds is 0. The second-order valence-corrected chi connectivity index (χ2v) is 24.2. The van der Waals surface area contributed by atoms with Gasteiger partial charge in [-0.15, -0.1) is 0 Å². The van der Waals surface area contributed by atoms with Crippen LogP contribution in [0.25, 0.3) is 0 Å². The highest BCUT2D eigenvalue weighted by molar-refractivity contribution is 4.93. The maximum absolute atomic E-state index is 1.66. The summed E-state index contributed by atoms with van der Waals surface area (Å²) in [6, 6.07) is 0. The minimum Gasteiger partial charge on any atom is -0.0533 e. The lowest BCUT2D eigenvalue weighted by Crippen LogP contribution is -2.36. The summed E-state index contributed by atoms with van der Waals surface area (Å²) in [5.74, 6) is 17.4. The fourth-order valence-corrected chi connectivity index (χ4v) is 18.4. The smallest absolute Gasteiger partial charge is 0.0355 e. The van der Waals surface area contributed by atoms with Crippen molar-refractivity contribution in [1.29, 1.82) is 0 Å². The molecule has 9 fully saturated rings. The fraction of sp³-hybridized carbons (Fsp3) is 1.00. The largest absolute Gasteiger partial charge is 0.0533 e. The van der Waals surface area contributed by atoms with E-state index in [1.165, 1.54) is 19.3 Å². The zero-order chi connectivity index (χ0) is 37.5. The van der Waals surface area contributed by atoms with Gasteiger partial charge in [-0.2, -0.15) is 0 Å². The molecule has 0 aromatic carbocycles. The van der Waals surface area contributed by atoms with Crippen LogP contribution in [0.3, 0.4) is 0 Å². The number of hydrogen-bond donors (Lipinski definition) is 0. The molecular formula is C56H96. The van der Waals surface area contributed by atoms with Gasteiger partial charge in [-0.05, 0) is 236 Å². The molecule has 320 valence electrons. The van der Waals surface area contributed by atoms with Crippen molar-refractivity contribution in [2.75, 3.05) is 0 Å². The van der Waals surface area contributed by atoms with E-state index in [9.17, 15) is 0 Å². The Balaban J connectivity index is 0.816. The Morgan fingerprint density at radius 2 is 0.339 bits per heavy atom. The molecule has 0 aromatic heterocycles. The highest BCUT2D eigenvalue weighted by atomic mass is 14.5. The Hall–Kier alpha value is 0. The van der Waals surface area contributed by atoms with Crippen LogP contribution in [0.1, 0.15) is 257 Å². The Morgan fingerprint density at radius 3 is 0.750 bits per heavy atom. The first-order chi connectivity index (χ1) is 27.7. The van der Waals surface area contributed by atoms with Crippen molar-refractivity contribution >= 4 is 0 Å². The quantitative estimate of drug-likeness (QED) is 0.230. The van der Waals surface area contributed by atoms with Crippen molar-refractivity contribution in [2.45, 2.75) is 257 Å². The van der Waals surface area contributed by atoms with Gasteiger partial charge in [0.25, 0.3) is 0 Å². The van der Waals surface area contributed by atoms with Crippen LogP contribution < -0.4 is 0 Å². The van der Waals surface area contributed by atoms with E-state index in [1.54, 1.807) is 238 Å². The minimum atomic E-state index is 1.08. The van der Waals surface area contributed by atoms with Gasteiger partial charge in [0.15, 0.2) is 0 Å². The summed E-state index contributed by atoms with van der Waals surface area (Å²) in [5, 5.41) is 0. The van der Waals surface area contributed by atoms with E-state index in [1.807, 2.05) is 0 Å². The SMILES string of the molecule is C1CCCC2CCC3CCC4CCC5CCC6CC7CCC8C(CCCCC9CCCCCCC98)CCC7CCCC6CCC5CCC4CCC3CCC2CC1. The molecule has 0 heteroatoms. The zero-order valence-corrected chi connectivity index (χ0v) is 37.5. The molecule has 9 saturated carbocycles. The maximum atomic E-state index is 1.66. The molecule has 0 N–H and O–H groups in total. The highest BCUT2D eigenvalue weighted by Gasteiger charge is 2.42. The standard InChI is InChI=1S/C56H96/c1-2-6-13-42-21-24-46-27-30-49-32-33-50-35-37-53-40-54-38-39-56-52(16-10-9-15-51-14-7-3-4-8-19-55(51)56)36-34-44(54)18-11-17-43(53)22-25-47(50)28-31-48(49)29-26-45(46)23-20-41(42)12-5-1/h41-56H,1-40H2. The third-order valence-electron chi connectivity index (χ3n) is 21.7. The van der Waals surface area contributed by atoms with Gasteiger partial charge in [0.1, 0.15) is 0 Å². The molecule has 9 rings (SSSR count). The summed E-state index contributed by atoms with van der Waals surface area (Å²) in [4.78, 5) is 0. The first-order valence-corrected chi connectivity index (χ1v) is 27.7. The Labute approximate surface area is 350 Å². The van der Waals surface area contributed by atoms with Crippen LogP contribution in [0.15, 0.2) is 0 Å². The molecule has 16 unspecified atom stereocenters. The number of fused-ring (bicyclic) bond motifs is 9. The van der Waals surface area contributed by atoms with Gasteiger partial charge in [0, 0.05) is 0 Å². The Bertz CT molecular complexity index is 1130. The molecule has 0 aliphatic heterocycles. The minimum absolute atomic E-state index is 1.08. The number of hydrogen-bond acceptors (Lipinski definition) is 0. The predicted molar refractivity (Wildman–Crippen MR) is 241 cm³/mol. The van der Waals surface area contributed by atoms with E-state index < -0.39 is 0 Å². The predicted octanol–water partition coefficient (Wildman–Crippen LogP) is 17.6. The molecule has 9 aliphatic rings. The highest BCUT2D eigenvalue weighted by Crippen LogP contribution is 2.53. The average molecular weight is 769 g/mol. The molecule has 0 nitrogen and oxygen atoms in total. The summed E-state index contributed by atoms with van der Waals surface area (Å²) < 4.78 is 0. The van der Waals surface area contributed by atoms with Gasteiger partial charge in [0.2, 0.25) is 0 Å². The van der Waals surface area contributed by atoms with Crippen molar-refractivity contribution in [3.05, 3.63) is 0 Å². The van der Waals surface area contributed by atoms with Crippen molar-refractivity contribution < 1.29 is 0 Å². The monoisotopic (exact) mass is 769 g/mol. The molecule has 0 aromatic rings. The van der Waals surface area contributed by atoms with Crippen molar-refractivity contribution in [3.63, 3.8) is 0 Å². The third kappa shape index (κ3) is 10.4. The topological polar surface area (TPSA) is 0 Å². The van der Waals surface area contributed by atoms with Crippen LogP contribution in [0.2, 0.25) is 0 Å². The molecule has 0 bridgehead atoms. The van der Waals surface area contributed by atoms with Crippen LogP contribution in [0.5, 0.6) is 0 Å². The summed E-state index contributed by atoms with van der Waals surface area (Å²) in [6.45, 7) is 0. The molecule has 0 spiro atoms. The van der Waals surface area contributed by atoms with E-state index in [-0.39, 0.29) is 0 Å². The lowest BCUT2D eigenvalue weighted by molar-refractivity contribution is 0.0407. The van der Waals surface area contributed by atoms with E-state index in [4.69, 9.17) is 0 Å². The van der Waals surface area contributed by atoms with E-state index in [0.717, 1.165) is 94.7 Å². The van der Waals surface area contributed by atoms with Gasteiger partial charge in [-0.25, -0.2) is 0 Å². The second-order valence-electron chi connectivity index (χ2n) is 24.2. The molecule has 9 aliphatic carbocycles. The van der Waals surface area contributed by atoms with Crippen molar-refractivity contribution in [1.82, 2.24) is 0 Å².